The van der Waals surface area contributed by atoms with E-state index in [0.29, 0.717) is 12.3 Å². The molecule has 0 aliphatic carbocycles. The molecular formula is C11H18Cl2N2O3. The molecule has 18 heavy (non-hydrogen) atoms. The molecule has 0 unspecified atom stereocenters. The van der Waals surface area contributed by atoms with E-state index in [0.717, 1.165) is 26.2 Å². The Labute approximate surface area is 118 Å². The molecule has 1 aromatic rings. The highest BCUT2D eigenvalue weighted by molar-refractivity contribution is 5.85. The maximum Gasteiger partial charge on any atom is 0.227 e. The van der Waals surface area contributed by atoms with Crippen LogP contribution in [-0.2, 0) is 6.54 Å². The number of piperazine rings is 1. The molecule has 1 aromatic heterocycles. The Hall–Kier alpha value is -0.750. The predicted molar refractivity (Wildman–Crippen MR) is 74.2 cm³/mol. The van der Waals surface area contributed by atoms with Crippen molar-refractivity contribution >= 4 is 24.8 Å². The molecule has 0 amide bonds. The normalized spacial score (nSPS) is 15.4. The lowest BCUT2D eigenvalue weighted by molar-refractivity contribution is 0.213. The molecule has 5 nitrogen and oxygen atoms in total. The molecule has 0 radical (unpaired) electrons. The Morgan fingerprint density at radius 1 is 1.39 bits per heavy atom. The second-order valence-electron chi connectivity index (χ2n) is 3.81. The third kappa shape index (κ3) is 4.49. The average molecular weight is 297 g/mol. The summed E-state index contributed by atoms with van der Waals surface area (Å²) in [6.45, 7) is 4.62. The summed E-state index contributed by atoms with van der Waals surface area (Å²) in [5, 5.41) is 3.28. The average Bonchev–Trinajstić information content (AvgIpc) is 2.31. The van der Waals surface area contributed by atoms with Gasteiger partial charge in [-0.2, -0.15) is 0 Å². The Bertz CT molecular complexity index is 406. The monoisotopic (exact) mass is 296 g/mol. The van der Waals surface area contributed by atoms with Crippen molar-refractivity contribution < 1.29 is 9.15 Å². The van der Waals surface area contributed by atoms with Crippen molar-refractivity contribution in [2.75, 3.05) is 33.3 Å². The van der Waals surface area contributed by atoms with Crippen LogP contribution in [0.2, 0.25) is 0 Å². The topological polar surface area (TPSA) is 54.7 Å². The molecule has 0 saturated carbocycles. The van der Waals surface area contributed by atoms with E-state index in [9.17, 15) is 4.79 Å². The Morgan fingerprint density at radius 3 is 2.61 bits per heavy atom. The van der Waals surface area contributed by atoms with E-state index in [-0.39, 0.29) is 36.0 Å². The molecule has 0 bridgehead atoms. The van der Waals surface area contributed by atoms with Crippen LogP contribution in [0.3, 0.4) is 0 Å². The van der Waals surface area contributed by atoms with Gasteiger partial charge in [0.15, 0.2) is 0 Å². The van der Waals surface area contributed by atoms with Gasteiger partial charge < -0.3 is 14.5 Å². The van der Waals surface area contributed by atoms with Gasteiger partial charge >= 0.3 is 0 Å². The Balaban J connectivity index is 0.00000144. The fraction of sp³-hybridized carbons (Fsp3) is 0.545. The van der Waals surface area contributed by atoms with Gasteiger partial charge in [0.1, 0.15) is 12.0 Å². The maximum absolute atomic E-state index is 11.5. The predicted octanol–water partition coefficient (Wildman–Crippen LogP) is 0.897. The molecule has 7 heteroatoms. The molecule has 104 valence electrons. The van der Waals surface area contributed by atoms with Crippen LogP contribution in [0.5, 0.6) is 5.75 Å². The maximum atomic E-state index is 11.5. The number of nitrogens with one attached hydrogen (secondary N) is 1. The number of rotatable bonds is 3. The number of hydrogen-bond donors (Lipinski definition) is 1. The molecule has 1 aliphatic heterocycles. The fourth-order valence-corrected chi connectivity index (χ4v) is 1.76. The number of ether oxygens (including phenoxy) is 1. The number of halogens is 2. The van der Waals surface area contributed by atoms with Gasteiger partial charge in [-0.25, -0.2) is 0 Å². The van der Waals surface area contributed by atoms with E-state index in [2.05, 4.69) is 10.2 Å². The Morgan fingerprint density at radius 2 is 2.06 bits per heavy atom. The summed E-state index contributed by atoms with van der Waals surface area (Å²) in [5.41, 5.74) is -0.126. The van der Waals surface area contributed by atoms with E-state index in [1.165, 1.54) is 19.4 Å². The van der Waals surface area contributed by atoms with Gasteiger partial charge in [-0.1, -0.05) is 0 Å². The van der Waals surface area contributed by atoms with Gasteiger partial charge in [0.2, 0.25) is 11.2 Å². The highest BCUT2D eigenvalue weighted by atomic mass is 35.5. The van der Waals surface area contributed by atoms with Crippen LogP contribution in [0.25, 0.3) is 0 Å². The second kappa shape index (κ2) is 8.37. The first kappa shape index (κ1) is 17.2. The van der Waals surface area contributed by atoms with Crippen LogP contribution in [0, 0.1) is 0 Å². The molecule has 2 rings (SSSR count). The van der Waals surface area contributed by atoms with Crippen molar-refractivity contribution in [3.05, 3.63) is 28.3 Å². The summed E-state index contributed by atoms with van der Waals surface area (Å²) < 4.78 is 10.2. The van der Waals surface area contributed by atoms with Crippen LogP contribution >= 0.6 is 24.8 Å². The molecule has 1 saturated heterocycles. The number of methoxy groups -OCH3 is 1. The summed E-state index contributed by atoms with van der Waals surface area (Å²) in [4.78, 5) is 13.7. The van der Waals surface area contributed by atoms with Crippen LogP contribution in [0.1, 0.15) is 5.76 Å². The molecular weight excluding hydrogens is 279 g/mol. The summed E-state index contributed by atoms with van der Waals surface area (Å²) in [5.74, 6) is 0.941. The summed E-state index contributed by atoms with van der Waals surface area (Å²) in [7, 11) is 1.46. The number of hydrogen-bond acceptors (Lipinski definition) is 5. The summed E-state index contributed by atoms with van der Waals surface area (Å²) in [6, 6.07) is 1.50. The van der Waals surface area contributed by atoms with Crippen LogP contribution in [-0.4, -0.2) is 38.2 Å². The molecule has 0 spiro atoms. The fourth-order valence-electron chi connectivity index (χ4n) is 1.76. The van der Waals surface area contributed by atoms with Gasteiger partial charge in [-0.3, -0.25) is 9.69 Å². The zero-order valence-electron chi connectivity index (χ0n) is 10.2. The standard InChI is InChI=1S/C11H16N2O3.2ClH/c1-15-11-8-16-9(6-10(11)14)7-13-4-2-12-3-5-13;;/h6,8,12H,2-5,7H2,1H3;2*1H. The molecule has 0 aromatic carbocycles. The van der Waals surface area contributed by atoms with Crippen molar-refractivity contribution in [1.82, 2.24) is 10.2 Å². The third-order valence-electron chi connectivity index (χ3n) is 2.66. The van der Waals surface area contributed by atoms with Crippen molar-refractivity contribution in [1.29, 1.82) is 0 Å². The lowest BCUT2D eigenvalue weighted by atomic mass is 10.3. The van der Waals surface area contributed by atoms with Crippen LogP contribution in [0.15, 0.2) is 21.5 Å². The molecule has 0 atom stereocenters. The van der Waals surface area contributed by atoms with E-state index in [1.54, 1.807) is 0 Å². The smallest absolute Gasteiger partial charge is 0.227 e. The van der Waals surface area contributed by atoms with Crippen molar-refractivity contribution in [2.45, 2.75) is 6.54 Å². The highest BCUT2D eigenvalue weighted by Crippen LogP contribution is 2.08. The first-order chi connectivity index (χ1) is 7.79. The lowest BCUT2D eigenvalue weighted by Gasteiger charge is -2.26. The van der Waals surface area contributed by atoms with Crippen molar-refractivity contribution in [2.24, 2.45) is 0 Å². The zero-order chi connectivity index (χ0) is 11.4. The van der Waals surface area contributed by atoms with E-state index in [1.807, 2.05) is 0 Å². The van der Waals surface area contributed by atoms with Gasteiger partial charge in [0, 0.05) is 32.2 Å². The number of nitrogens with zero attached hydrogens (tertiary/aromatic N) is 1. The van der Waals surface area contributed by atoms with Gasteiger partial charge in [-0.15, -0.1) is 24.8 Å². The molecule has 1 fully saturated rings. The van der Waals surface area contributed by atoms with Crippen molar-refractivity contribution in [3.63, 3.8) is 0 Å². The minimum Gasteiger partial charge on any atom is -0.490 e. The summed E-state index contributed by atoms with van der Waals surface area (Å²) in [6.07, 6.45) is 1.37. The Kier molecular flexibility index (Phi) is 8.02. The minimum atomic E-state index is -0.126. The van der Waals surface area contributed by atoms with Gasteiger partial charge in [0.05, 0.1) is 13.7 Å². The largest absolute Gasteiger partial charge is 0.490 e. The van der Waals surface area contributed by atoms with Gasteiger partial charge in [0.25, 0.3) is 0 Å². The highest BCUT2D eigenvalue weighted by Gasteiger charge is 2.12. The van der Waals surface area contributed by atoms with Crippen LogP contribution < -0.4 is 15.5 Å². The molecule has 1 N–H and O–H groups in total. The molecule has 1 aliphatic rings. The lowest BCUT2D eigenvalue weighted by Crippen LogP contribution is -2.42. The van der Waals surface area contributed by atoms with Crippen LogP contribution in [0.4, 0.5) is 0 Å². The zero-order valence-corrected chi connectivity index (χ0v) is 11.8. The van der Waals surface area contributed by atoms with E-state index >= 15 is 0 Å². The second-order valence-corrected chi connectivity index (χ2v) is 3.81. The SMILES string of the molecule is COc1coc(CN2CCNCC2)cc1=O.Cl.Cl. The van der Waals surface area contributed by atoms with Crippen molar-refractivity contribution in [3.8, 4) is 5.75 Å². The van der Waals surface area contributed by atoms with E-state index < -0.39 is 0 Å². The quantitative estimate of drug-likeness (QED) is 0.898. The minimum absolute atomic E-state index is 0. The van der Waals surface area contributed by atoms with E-state index in [4.69, 9.17) is 9.15 Å². The molecule has 2 heterocycles. The first-order valence-corrected chi connectivity index (χ1v) is 5.38. The third-order valence-corrected chi connectivity index (χ3v) is 2.66. The van der Waals surface area contributed by atoms with Gasteiger partial charge in [-0.05, 0) is 0 Å². The summed E-state index contributed by atoms with van der Waals surface area (Å²) >= 11 is 0. The first-order valence-electron chi connectivity index (χ1n) is 5.38.